The Bertz CT molecular complexity index is 345. The molecule has 5 nitrogen and oxygen atoms in total. The van der Waals surface area contributed by atoms with Gasteiger partial charge in [-0.25, -0.2) is 0 Å². The molecule has 1 fully saturated rings. The van der Waals surface area contributed by atoms with Gasteiger partial charge >= 0.3 is 0 Å². The Kier molecular flexibility index (Phi) is 3.58. The molecule has 0 saturated carbocycles. The summed E-state index contributed by atoms with van der Waals surface area (Å²) in [5.41, 5.74) is 5.98. The van der Waals surface area contributed by atoms with E-state index in [-0.39, 0.29) is 12.1 Å². The van der Waals surface area contributed by atoms with Gasteiger partial charge in [0, 0.05) is 19.2 Å². The molecule has 2 rings (SSSR count). The van der Waals surface area contributed by atoms with Crippen molar-refractivity contribution in [3.63, 3.8) is 0 Å². The second kappa shape index (κ2) is 4.95. The number of rotatable bonds is 3. The normalized spacial score (nSPS) is 25.9. The van der Waals surface area contributed by atoms with Gasteiger partial charge in [0.15, 0.2) is 5.15 Å². The summed E-state index contributed by atoms with van der Waals surface area (Å²) in [6, 6.07) is 3.39. The molecule has 2 N–H and O–H groups in total. The Morgan fingerprint density at radius 1 is 1.50 bits per heavy atom. The predicted octanol–water partition coefficient (Wildman–Crippen LogP) is 0.540. The number of hydrogen-bond donors (Lipinski definition) is 1. The monoisotopic (exact) mass is 242 g/mol. The highest BCUT2D eigenvalue weighted by Gasteiger charge is 2.31. The molecule has 16 heavy (non-hydrogen) atoms. The van der Waals surface area contributed by atoms with Crippen molar-refractivity contribution in [3.8, 4) is 5.88 Å². The van der Waals surface area contributed by atoms with Crippen LogP contribution in [0.5, 0.6) is 5.88 Å². The lowest BCUT2D eigenvalue weighted by Gasteiger charge is -2.15. The van der Waals surface area contributed by atoms with Crippen molar-refractivity contribution in [2.75, 3.05) is 19.6 Å². The van der Waals surface area contributed by atoms with E-state index in [2.05, 4.69) is 22.0 Å². The number of likely N-dealkylation sites (tertiary alicyclic amines) is 1. The highest BCUT2D eigenvalue weighted by atomic mass is 35.5. The quantitative estimate of drug-likeness (QED) is 0.838. The van der Waals surface area contributed by atoms with Crippen molar-refractivity contribution in [2.24, 2.45) is 5.73 Å². The molecule has 1 aromatic heterocycles. The smallest absolute Gasteiger partial charge is 0.233 e. The van der Waals surface area contributed by atoms with E-state index >= 15 is 0 Å². The maximum Gasteiger partial charge on any atom is 0.233 e. The van der Waals surface area contributed by atoms with Gasteiger partial charge in [-0.15, -0.1) is 10.2 Å². The Hall–Kier alpha value is -0.910. The summed E-state index contributed by atoms with van der Waals surface area (Å²) < 4.78 is 5.68. The van der Waals surface area contributed by atoms with E-state index in [1.54, 1.807) is 12.1 Å². The minimum atomic E-state index is -0.0181. The lowest BCUT2D eigenvalue weighted by atomic mass is 10.2. The van der Waals surface area contributed by atoms with Crippen molar-refractivity contribution < 1.29 is 4.74 Å². The Morgan fingerprint density at radius 2 is 2.31 bits per heavy atom. The van der Waals surface area contributed by atoms with Crippen LogP contribution in [0.4, 0.5) is 0 Å². The van der Waals surface area contributed by atoms with Gasteiger partial charge in [0.05, 0.1) is 6.04 Å². The van der Waals surface area contributed by atoms with E-state index in [9.17, 15) is 0 Å². The molecule has 1 aromatic rings. The summed E-state index contributed by atoms with van der Waals surface area (Å²) in [5, 5.41) is 7.93. The second-order valence-corrected chi connectivity index (χ2v) is 4.25. The molecule has 0 amide bonds. The Labute approximate surface area is 99.5 Å². The van der Waals surface area contributed by atoms with Crippen molar-refractivity contribution >= 4 is 11.6 Å². The molecular formula is C10H15ClN4O. The van der Waals surface area contributed by atoms with Crippen LogP contribution < -0.4 is 10.5 Å². The van der Waals surface area contributed by atoms with E-state index in [0.29, 0.717) is 11.0 Å². The van der Waals surface area contributed by atoms with Crippen LogP contribution in [0.1, 0.15) is 6.92 Å². The van der Waals surface area contributed by atoms with Gasteiger partial charge < -0.3 is 10.5 Å². The average molecular weight is 243 g/mol. The third-order valence-corrected chi connectivity index (χ3v) is 2.91. The van der Waals surface area contributed by atoms with Gasteiger partial charge in [-0.05, 0) is 12.6 Å². The van der Waals surface area contributed by atoms with Gasteiger partial charge in [0.25, 0.3) is 0 Å². The van der Waals surface area contributed by atoms with E-state index < -0.39 is 0 Å². The molecule has 0 aliphatic carbocycles. The second-order valence-electron chi connectivity index (χ2n) is 3.87. The van der Waals surface area contributed by atoms with Crippen LogP contribution in [0, 0.1) is 0 Å². The van der Waals surface area contributed by atoms with Crippen molar-refractivity contribution in [1.82, 2.24) is 15.1 Å². The topological polar surface area (TPSA) is 64.3 Å². The fourth-order valence-electron chi connectivity index (χ4n) is 1.78. The zero-order valence-corrected chi connectivity index (χ0v) is 9.89. The molecule has 6 heteroatoms. The van der Waals surface area contributed by atoms with Crippen LogP contribution in [0.3, 0.4) is 0 Å². The average Bonchev–Trinajstić information content (AvgIpc) is 2.63. The molecule has 1 aliphatic heterocycles. The van der Waals surface area contributed by atoms with Crippen LogP contribution >= 0.6 is 11.6 Å². The maximum absolute atomic E-state index is 5.98. The molecule has 2 atom stereocenters. The highest BCUT2D eigenvalue weighted by Crippen LogP contribution is 2.16. The molecule has 0 radical (unpaired) electrons. The zero-order chi connectivity index (χ0) is 11.5. The summed E-state index contributed by atoms with van der Waals surface area (Å²) in [4.78, 5) is 2.25. The predicted molar refractivity (Wildman–Crippen MR) is 61.5 cm³/mol. The molecule has 88 valence electrons. The van der Waals surface area contributed by atoms with Gasteiger partial charge in [-0.3, -0.25) is 4.90 Å². The number of likely N-dealkylation sites (N-methyl/N-ethyl adjacent to an activating group) is 1. The van der Waals surface area contributed by atoms with Crippen LogP contribution in [0.15, 0.2) is 12.1 Å². The number of hydrogen-bond acceptors (Lipinski definition) is 5. The summed E-state index contributed by atoms with van der Waals surface area (Å²) >= 11 is 5.64. The zero-order valence-electron chi connectivity index (χ0n) is 9.14. The number of aromatic nitrogens is 2. The van der Waals surface area contributed by atoms with Gasteiger partial charge in [-0.2, -0.15) is 0 Å². The van der Waals surface area contributed by atoms with Crippen LogP contribution in [0.25, 0.3) is 0 Å². The molecule has 2 unspecified atom stereocenters. The van der Waals surface area contributed by atoms with E-state index in [0.717, 1.165) is 19.6 Å². The molecule has 1 saturated heterocycles. The van der Waals surface area contributed by atoms with Crippen molar-refractivity contribution in [2.45, 2.75) is 19.1 Å². The van der Waals surface area contributed by atoms with Crippen LogP contribution in [-0.2, 0) is 0 Å². The molecule has 0 aromatic carbocycles. The third kappa shape index (κ3) is 2.61. The summed E-state index contributed by atoms with van der Waals surface area (Å²) in [5.74, 6) is 0.475. The number of halogens is 1. The standard InChI is InChI=1S/C10H15ClN4O/c1-2-15-5-7(12)8(6-15)16-10-4-3-9(11)13-14-10/h3-4,7-8H,2,5-6,12H2,1H3. The molecule has 2 heterocycles. The van der Waals surface area contributed by atoms with E-state index in [1.165, 1.54) is 0 Å². The van der Waals surface area contributed by atoms with E-state index in [4.69, 9.17) is 22.1 Å². The fourth-order valence-corrected chi connectivity index (χ4v) is 1.89. The Balaban J connectivity index is 1.97. The summed E-state index contributed by atoms with van der Waals surface area (Å²) in [6.45, 7) is 4.79. The van der Waals surface area contributed by atoms with Gasteiger partial charge in [0.1, 0.15) is 6.10 Å². The molecule has 1 aliphatic rings. The summed E-state index contributed by atoms with van der Waals surface area (Å²) in [7, 11) is 0. The molecule has 0 spiro atoms. The Morgan fingerprint density at radius 3 is 2.88 bits per heavy atom. The fraction of sp³-hybridized carbons (Fsp3) is 0.600. The SMILES string of the molecule is CCN1CC(N)C(Oc2ccc(Cl)nn2)C1. The first-order valence-corrected chi connectivity index (χ1v) is 5.70. The number of ether oxygens (including phenoxy) is 1. The summed E-state index contributed by atoms with van der Waals surface area (Å²) in [6.07, 6.45) is -0.0181. The van der Waals surface area contributed by atoms with Crippen molar-refractivity contribution in [1.29, 1.82) is 0 Å². The number of nitrogens with zero attached hydrogens (tertiary/aromatic N) is 3. The number of nitrogens with two attached hydrogens (primary N) is 1. The third-order valence-electron chi connectivity index (χ3n) is 2.71. The largest absolute Gasteiger partial charge is 0.470 e. The first-order valence-electron chi connectivity index (χ1n) is 5.33. The maximum atomic E-state index is 5.98. The van der Waals surface area contributed by atoms with Crippen LogP contribution in [0.2, 0.25) is 5.15 Å². The van der Waals surface area contributed by atoms with Gasteiger partial charge in [-0.1, -0.05) is 18.5 Å². The highest BCUT2D eigenvalue weighted by molar-refractivity contribution is 6.29. The minimum Gasteiger partial charge on any atom is -0.470 e. The first kappa shape index (κ1) is 11.6. The lowest BCUT2D eigenvalue weighted by molar-refractivity contribution is 0.182. The molecule has 0 bridgehead atoms. The molecular weight excluding hydrogens is 228 g/mol. The lowest BCUT2D eigenvalue weighted by Crippen LogP contribution is -2.37. The van der Waals surface area contributed by atoms with Crippen molar-refractivity contribution in [3.05, 3.63) is 17.3 Å². The first-order chi connectivity index (χ1) is 7.69. The van der Waals surface area contributed by atoms with Gasteiger partial charge in [0.2, 0.25) is 5.88 Å². The van der Waals surface area contributed by atoms with E-state index in [1.807, 2.05) is 0 Å². The minimum absolute atomic E-state index is 0.0181. The van der Waals surface area contributed by atoms with Crippen LogP contribution in [-0.4, -0.2) is 46.9 Å².